The van der Waals surface area contributed by atoms with Gasteiger partial charge in [-0.15, -0.1) is 0 Å². The van der Waals surface area contributed by atoms with Crippen LogP contribution in [0.25, 0.3) is 0 Å². The Morgan fingerprint density at radius 2 is 1.83 bits per heavy atom. The molecule has 0 saturated heterocycles. The van der Waals surface area contributed by atoms with Crippen LogP contribution in [0.5, 0.6) is 0 Å². The molecule has 0 bridgehead atoms. The average molecular weight is 212 g/mol. The second-order valence-corrected chi connectivity index (χ2v) is 3.25. The summed E-state index contributed by atoms with van der Waals surface area (Å²) in [6, 6.07) is 0. The van der Waals surface area contributed by atoms with Crippen LogP contribution in [0.3, 0.4) is 0 Å². The largest absolute Gasteiger partial charge is 0.393 e. The molecule has 0 aromatic heterocycles. The smallest absolute Gasteiger partial charge is 0.345 e. The van der Waals surface area contributed by atoms with E-state index in [0.29, 0.717) is 0 Å². The van der Waals surface area contributed by atoms with E-state index < -0.39 is 29.2 Å². The SMILES string of the molecule is O=C(OC(=O)C(O)CO)C(S)S. The summed E-state index contributed by atoms with van der Waals surface area (Å²) in [5, 5.41) is 16.9. The number of aliphatic hydroxyl groups excluding tert-OH is 2. The van der Waals surface area contributed by atoms with E-state index in [4.69, 9.17) is 10.2 Å². The van der Waals surface area contributed by atoms with E-state index in [-0.39, 0.29) is 0 Å². The topological polar surface area (TPSA) is 83.8 Å². The van der Waals surface area contributed by atoms with Crippen LogP contribution in [-0.4, -0.2) is 39.4 Å². The molecule has 70 valence electrons. The van der Waals surface area contributed by atoms with Crippen molar-refractivity contribution in [2.75, 3.05) is 6.61 Å². The van der Waals surface area contributed by atoms with E-state index in [9.17, 15) is 9.59 Å². The van der Waals surface area contributed by atoms with Crippen molar-refractivity contribution in [3.8, 4) is 0 Å². The van der Waals surface area contributed by atoms with Crippen LogP contribution < -0.4 is 0 Å². The molecule has 0 aliphatic heterocycles. The molecule has 0 fully saturated rings. The summed E-state index contributed by atoms with van der Waals surface area (Å²) in [4.78, 5) is 21.2. The van der Waals surface area contributed by atoms with Crippen LogP contribution in [0, 0.1) is 0 Å². The normalized spacial score (nSPS) is 12.8. The highest BCUT2D eigenvalue weighted by Crippen LogP contribution is 2.03. The van der Waals surface area contributed by atoms with Crippen molar-refractivity contribution in [1.82, 2.24) is 0 Å². The number of aliphatic hydroxyl groups is 2. The maximum atomic E-state index is 10.6. The van der Waals surface area contributed by atoms with Gasteiger partial charge in [-0.2, -0.15) is 25.3 Å². The van der Waals surface area contributed by atoms with Gasteiger partial charge in [-0.25, -0.2) is 9.59 Å². The van der Waals surface area contributed by atoms with Gasteiger partial charge in [0.05, 0.1) is 6.61 Å². The number of hydrogen-bond donors (Lipinski definition) is 4. The quantitative estimate of drug-likeness (QED) is 0.200. The molecule has 1 atom stereocenters. The number of carbonyl (C=O) groups is 2. The first kappa shape index (κ1) is 11.8. The Balaban J connectivity index is 3.93. The minimum Gasteiger partial charge on any atom is -0.393 e. The molecule has 1 unspecified atom stereocenters. The van der Waals surface area contributed by atoms with Crippen LogP contribution in [0.15, 0.2) is 0 Å². The summed E-state index contributed by atoms with van der Waals surface area (Å²) in [5.41, 5.74) is 0. The second-order valence-electron chi connectivity index (χ2n) is 1.81. The Morgan fingerprint density at radius 3 is 2.17 bits per heavy atom. The van der Waals surface area contributed by atoms with Crippen LogP contribution in [0.2, 0.25) is 0 Å². The number of carbonyl (C=O) groups excluding carboxylic acids is 2. The maximum absolute atomic E-state index is 10.6. The van der Waals surface area contributed by atoms with Gasteiger partial charge >= 0.3 is 11.9 Å². The molecule has 2 N–H and O–H groups in total. The predicted octanol–water partition coefficient (Wildman–Crippen LogP) is -1.40. The van der Waals surface area contributed by atoms with Crippen LogP contribution in [-0.2, 0) is 14.3 Å². The van der Waals surface area contributed by atoms with E-state index >= 15 is 0 Å². The number of ether oxygens (including phenoxy) is 1. The Morgan fingerprint density at radius 1 is 1.33 bits per heavy atom. The molecule has 0 aromatic rings. The lowest BCUT2D eigenvalue weighted by atomic mass is 10.4. The van der Waals surface area contributed by atoms with Crippen molar-refractivity contribution >= 4 is 37.2 Å². The van der Waals surface area contributed by atoms with Gasteiger partial charge in [-0.1, -0.05) is 0 Å². The van der Waals surface area contributed by atoms with E-state index in [2.05, 4.69) is 30.0 Å². The summed E-state index contributed by atoms with van der Waals surface area (Å²) in [6.07, 6.45) is -1.70. The summed E-state index contributed by atoms with van der Waals surface area (Å²) in [5.74, 6) is -2.20. The maximum Gasteiger partial charge on any atom is 0.345 e. The fraction of sp³-hybridized carbons (Fsp3) is 0.600. The van der Waals surface area contributed by atoms with Gasteiger partial charge in [0.25, 0.3) is 0 Å². The number of esters is 2. The molecule has 0 spiro atoms. The van der Waals surface area contributed by atoms with Gasteiger partial charge < -0.3 is 14.9 Å². The van der Waals surface area contributed by atoms with Crippen molar-refractivity contribution in [2.45, 2.75) is 10.7 Å². The summed E-state index contributed by atoms with van der Waals surface area (Å²) < 4.78 is 2.98. The molecule has 0 aliphatic rings. The molecule has 0 rings (SSSR count). The monoisotopic (exact) mass is 212 g/mol. The molecule has 0 heterocycles. The highest BCUT2D eigenvalue weighted by molar-refractivity contribution is 8.00. The molecule has 12 heavy (non-hydrogen) atoms. The Kier molecular flexibility index (Phi) is 5.31. The van der Waals surface area contributed by atoms with Crippen molar-refractivity contribution in [3.05, 3.63) is 0 Å². The first-order valence-electron chi connectivity index (χ1n) is 2.89. The van der Waals surface area contributed by atoms with Crippen LogP contribution >= 0.6 is 25.3 Å². The molecular formula is C5H8O5S2. The predicted molar refractivity (Wildman–Crippen MR) is 46.0 cm³/mol. The fourth-order valence-corrected chi connectivity index (χ4v) is 0.400. The zero-order chi connectivity index (χ0) is 9.72. The third kappa shape index (κ3) is 3.96. The van der Waals surface area contributed by atoms with E-state index in [1.54, 1.807) is 0 Å². The minimum atomic E-state index is -1.70. The van der Waals surface area contributed by atoms with Gasteiger partial charge in [0.1, 0.15) is 4.58 Å². The Labute approximate surface area is 79.5 Å². The lowest BCUT2D eigenvalue weighted by molar-refractivity contribution is -0.165. The number of hydrogen-bond acceptors (Lipinski definition) is 7. The third-order valence-corrected chi connectivity index (χ3v) is 1.28. The van der Waals surface area contributed by atoms with Crippen molar-refractivity contribution in [2.24, 2.45) is 0 Å². The van der Waals surface area contributed by atoms with Crippen LogP contribution in [0.4, 0.5) is 0 Å². The van der Waals surface area contributed by atoms with E-state index in [1.807, 2.05) is 0 Å². The van der Waals surface area contributed by atoms with Gasteiger partial charge in [0.2, 0.25) is 0 Å². The van der Waals surface area contributed by atoms with Gasteiger partial charge in [-0.3, -0.25) is 0 Å². The highest BCUT2D eigenvalue weighted by atomic mass is 32.2. The molecular weight excluding hydrogens is 204 g/mol. The zero-order valence-corrected chi connectivity index (χ0v) is 7.66. The molecule has 0 saturated carbocycles. The highest BCUT2D eigenvalue weighted by Gasteiger charge is 2.21. The lowest BCUT2D eigenvalue weighted by Gasteiger charge is -2.06. The average Bonchev–Trinajstić information content (AvgIpc) is 2.02. The summed E-state index contributed by atoms with van der Waals surface area (Å²) in [6.45, 7) is -0.796. The molecule has 7 heteroatoms. The molecule has 0 aliphatic carbocycles. The third-order valence-electron chi connectivity index (χ3n) is 0.857. The molecule has 0 aromatic carbocycles. The first-order chi connectivity index (χ1) is 5.49. The minimum absolute atomic E-state index is 0.796. The second kappa shape index (κ2) is 5.41. The fourth-order valence-electron chi connectivity index (χ4n) is 0.294. The standard InChI is InChI=1S/C5H8O5S2/c6-1-2(7)3(8)10-4(9)5(11)12/h2,5-7,11-12H,1H2. The first-order valence-corrected chi connectivity index (χ1v) is 3.93. The van der Waals surface area contributed by atoms with Gasteiger partial charge in [0, 0.05) is 0 Å². The lowest BCUT2D eigenvalue weighted by Crippen LogP contribution is -2.30. The van der Waals surface area contributed by atoms with E-state index in [0.717, 1.165) is 0 Å². The molecule has 0 radical (unpaired) electrons. The number of rotatable bonds is 3. The Hall–Kier alpha value is -0.240. The Bertz CT molecular complexity index is 181. The summed E-state index contributed by atoms with van der Waals surface area (Å²) in [7, 11) is 0. The zero-order valence-electron chi connectivity index (χ0n) is 5.88. The van der Waals surface area contributed by atoms with Crippen molar-refractivity contribution in [3.63, 3.8) is 0 Å². The van der Waals surface area contributed by atoms with Crippen molar-refractivity contribution in [1.29, 1.82) is 0 Å². The molecule has 5 nitrogen and oxygen atoms in total. The van der Waals surface area contributed by atoms with Crippen molar-refractivity contribution < 1.29 is 24.5 Å². The van der Waals surface area contributed by atoms with E-state index in [1.165, 1.54) is 0 Å². The van der Waals surface area contributed by atoms with Gasteiger partial charge in [-0.05, 0) is 0 Å². The van der Waals surface area contributed by atoms with Gasteiger partial charge in [0.15, 0.2) is 6.10 Å². The molecule has 0 amide bonds. The van der Waals surface area contributed by atoms with Crippen LogP contribution in [0.1, 0.15) is 0 Å². The number of thiol groups is 2. The summed E-state index contributed by atoms with van der Waals surface area (Å²) >= 11 is 7.12.